The number of carbonyl (C=O) groups is 3. The van der Waals surface area contributed by atoms with E-state index in [4.69, 9.17) is 14.2 Å². The van der Waals surface area contributed by atoms with Gasteiger partial charge in [0.2, 0.25) is 0 Å². The van der Waals surface area contributed by atoms with Gasteiger partial charge in [0.15, 0.2) is 6.10 Å². The molecule has 0 aromatic heterocycles. The molecule has 12 nitrogen and oxygen atoms in total. The fraction of sp³-hybridized carbons (Fsp3) is 0.583. The summed E-state index contributed by atoms with van der Waals surface area (Å²) in [7, 11) is 1.63. The lowest BCUT2D eigenvalue weighted by atomic mass is 10.00. The summed E-state index contributed by atoms with van der Waals surface area (Å²) in [6, 6.07) is 9.71. The van der Waals surface area contributed by atoms with Crippen LogP contribution in [-0.4, -0.2) is 127 Å². The van der Waals surface area contributed by atoms with E-state index in [0.717, 1.165) is 72.8 Å². The second-order valence-electron chi connectivity index (χ2n) is 13.5. The van der Waals surface area contributed by atoms with Crippen molar-refractivity contribution in [3.63, 3.8) is 0 Å². The summed E-state index contributed by atoms with van der Waals surface area (Å²) in [5, 5.41) is 13.4. The number of aromatic hydroxyl groups is 1. The van der Waals surface area contributed by atoms with E-state index in [9.17, 15) is 19.5 Å². The van der Waals surface area contributed by atoms with Gasteiger partial charge in [0.05, 0.1) is 7.11 Å². The van der Waals surface area contributed by atoms with E-state index in [-0.39, 0.29) is 30.2 Å². The monoisotopic (exact) mass is 663 g/mol. The Morgan fingerprint density at radius 2 is 1.60 bits per heavy atom. The minimum Gasteiger partial charge on any atom is -0.507 e. The maximum atomic E-state index is 14.0. The molecule has 2 aromatic rings. The lowest BCUT2D eigenvalue weighted by Gasteiger charge is -2.41. The third-order valence-corrected chi connectivity index (χ3v) is 10.4. The van der Waals surface area contributed by atoms with Gasteiger partial charge < -0.3 is 39.3 Å². The number of likely N-dealkylation sites (tertiary alicyclic amines) is 1. The molecule has 260 valence electrons. The molecule has 4 heterocycles. The number of rotatable bonds is 7. The highest BCUT2D eigenvalue weighted by atomic mass is 16.6. The fourth-order valence-corrected chi connectivity index (χ4v) is 7.58. The van der Waals surface area contributed by atoms with Crippen LogP contribution in [-0.2, 0) is 27.1 Å². The zero-order valence-electron chi connectivity index (χ0n) is 28.4. The van der Waals surface area contributed by atoms with Crippen LogP contribution in [0.3, 0.4) is 0 Å². The average Bonchev–Trinajstić information content (AvgIpc) is 3.27. The van der Waals surface area contributed by atoms with Crippen molar-refractivity contribution in [1.29, 1.82) is 0 Å². The molecule has 0 radical (unpaired) electrons. The van der Waals surface area contributed by atoms with Gasteiger partial charge in [-0.05, 0) is 86.4 Å². The van der Waals surface area contributed by atoms with Crippen molar-refractivity contribution in [3.05, 3.63) is 52.6 Å². The number of piperidine rings is 1. The highest BCUT2D eigenvalue weighted by molar-refractivity contribution is 5.91. The van der Waals surface area contributed by atoms with E-state index in [1.807, 2.05) is 54.0 Å². The summed E-state index contributed by atoms with van der Waals surface area (Å²) in [5.41, 5.74) is 4.10. The van der Waals surface area contributed by atoms with Crippen LogP contribution in [0.1, 0.15) is 47.9 Å². The Bertz CT molecular complexity index is 1460. The largest absolute Gasteiger partial charge is 0.507 e. The third kappa shape index (κ3) is 7.65. The van der Waals surface area contributed by atoms with Crippen molar-refractivity contribution in [3.8, 4) is 11.5 Å². The van der Waals surface area contributed by atoms with Crippen molar-refractivity contribution in [2.24, 2.45) is 0 Å². The van der Waals surface area contributed by atoms with Gasteiger partial charge in [0, 0.05) is 83.2 Å². The van der Waals surface area contributed by atoms with Crippen LogP contribution in [0.2, 0.25) is 0 Å². The number of nitrogens with zero attached hydrogens (tertiary/aromatic N) is 4. The SMILES string of the molecule is COc1ccc2c(c1)CCN(C1CCN(C(=O)OC(Cc3cc(C)c(O)c(C)c3)C(=O)N3CCN(C4CCOCC4)CC3)CC1)C(=O)N2. The predicted molar refractivity (Wildman–Crippen MR) is 181 cm³/mol. The zero-order chi connectivity index (χ0) is 33.8. The molecule has 3 fully saturated rings. The normalized spacial score (nSPS) is 20.5. The number of hydrogen-bond donors (Lipinski definition) is 2. The number of amides is 4. The molecule has 1 unspecified atom stereocenters. The van der Waals surface area contributed by atoms with Crippen molar-refractivity contribution in [1.82, 2.24) is 19.6 Å². The Balaban J connectivity index is 1.08. The van der Waals surface area contributed by atoms with Gasteiger partial charge in [0.25, 0.3) is 5.91 Å². The Morgan fingerprint density at radius 3 is 2.27 bits per heavy atom. The number of methoxy groups -OCH3 is 1. The van der Waals surface area contributed by atoms with Gasteiger partial charge in [-0.3, -0.25) is 9.69 Å². The lowest BCUT2D eigenvalue weighted by Crippen LogP contribution is -2.56. The van der Waals surface area contributed by atoms with Gasteiger partial charge in [-0.1, -0.05) is 12.1 Å². The summed E-state index contributed by atoms with van der Waals surface area (Å²) >= 11 is 0. The van der Waals surface area contributed by atoms with Crippen molar-refractivity contribution in [2.75, 3.05) is 71.5 Å². The third-order valence-electron chi connectivity index (χ3n) is 10.4. The first-order chi connectivity index (χ1) is 23.2. The molecule has 4 aliphatic rings. The Labute approximate surface area is 282 Å². The van der Waals surface area contributed by atoms with Gasteiger partial charge in [-0.15, -0.1) is 0 Å². The number of piperazine rings is 1. The molecular weight excluding hydrogens is 614 g/mol. The number of urea groups is 1. The number of aryl methyl sites for hydroxylation is 2. The molecule has 0 aliphatic carbocycles. The molecule has 3 saturated heterocycles. The molecule has 12 heteroatoms. The smallest absolute Gasteiger partial charge is 0.410 e. The number of carbonyl (C=O) groups excluding carboxylic acids is 3. The summed E-state index contributed by atoms with van der Waals surface area (Å²) in [6.07, 6.45) is 2.68. The number of anilines is 1. The lowest BCUT2D eigenvalue weighted by molar-refractivity contribution is -0.143. The standard InChI is InChI=1S/C36H49N5O7/c1-24-20-26(21-25(2)33(24)42)22-32(34(43)39-16-14-38(15-17-39)28-9-18-47-19-10-28)48-36(45)40-11-7-29(8-12-40)41-13-6-27-23-30(46-3)4-5-31(27)37-35(41)44/h4-5,20-21,23,28-29,32,42H,6-19,22H2,1-3H3,(H,37,44). The molecule has 0 bridgehead atoms. The first-order valence-electron chi connectivity index (χ1n) is 17.3. The van der Waals surface area contributed by atoms with Crippen molar-refractivity contribution in [2.45, 2.75) is 70.6 Å². The van der Waals surface area contributed by atoms with Gasteiger partial charge in [-0.2, -0.15) is 0 Å². The van der Waals surface area contributed by atoms with Gasteiger partial charge in [-0.25, -0.2) is 9.59 Å². The van der Waals surface area contributed by atoms with Crippen LogP contribution in [0, 0.1) is 13.8 Å². The molecule has 2 aromatic carbocycles. The molecule has 4 aliphatic heterocycles. The Morgan fingerprint density at radius 1 is 0.917 bits per heavy atom. The fourth-order valence-electron chi connectivity index (χ4n) is 7.58. The van der Waals surface area contributed by atoms with Crippen LogP contribution in [0.5, 0.6) is 11.5 Å². The average molecular weight is 664 g/mol. The van der Waals surface area contributed by atoms with Crippen LogP contribution >= 0.6 is 0 Å². The first-order valence-corrected chi connectivity index (χ1v) is 17.3. The predicted octanol–water partition coefficient (Wildman–Crippen LogP) is 3.94. The van der Waals surface area contributed by atoms with Crippen molar-refractivity contribution >= 4 is 23.7 Å². The van der Waals surface area contributed by atoms with E-state index in [2.05, 4.69) is 10.2 Å². The number of phenolic OH excluding ortho intramolecular Hbond substituents is 1. The topological polar surface area (TPSA) is 124 Å². The highest BCUT2D eigenvalue weighted by Crippen LogP contribution is 2.29. The maximum Gasteiger partial charge on any atom is 0.410 e. The summed E-state index contributed by atoms with van der Waals surface area (Å²) < 4.78 is 16.9. The number of fused-ring (bicyclic) bond motifs is 1. The summed E-state index contributed by atoms with van der Waals surface area (Å²) in [4.78, 5) is 48.6. The number of benzene rings is 2. The number of nitrogens with one attached hydrogen (secondary N) is 1. The molecule has 4 amide bonds. The minimum absolute atomic E-state index is 0.0161. The van der Waals surface area contributed by atoms with Crippen LogP contribution < -0.4 is 10.1 Å². The van der Waals surface area contributed by atoms with E-state index < -0.39 is 12.2 Å². The van der Waals surface area contributed by atoms with E-state index in [1.54, 1.807) is 12.0 Å². The van der Waals surface area contributed by atoms with Gasteiger partial charge >= 0.3 is 12.1 Å². The number of phenols is 1. The molecule has 6 rings (SSSR count). The van der Waals surface area contributed by atoms with Crippen LogP contribution in [0.15, 0.2) is 30.3 Å². The Hall–Kier alpha value is -4.03. The van der Waals surface area contributed by atoms with E-state index in [0.29, 0.717) is 58.0 Å². The quantitative estimate of drug-likeness (QED) is 0.457. The molecule has 0 spiro atoms. The van der Waals surface area contributed by atoms with E-state index in [1.165, 1.54) is 0 Å². The summed E-state index contributed by atoms with van der Waals surface area (Å²) in [5.74, 6) is 0.797. The molecule has 1 atom stereocenters. The zero-order valence-corrected chi connectivity index (χ0v) is 28.4. The molecule has 48 heavy (non-hydrogen) atoms. The Kier molecular flexibility index (Phi) is 10.6. The minimum atomic E-state index is -0.986. The van der Waals surface area contributed by atoms with Crippen LogP contribution in [0.25, 0.3) is 0 Å². The second-order valence-corrected chi connectivity index (χ2v) is 13.5. The summed E-state index contributed by atoms with van der Waals surface area (Å²) in [6.45, 7) is 9.37. The molecule has 2 N–H and O–H groups in total. The first kappa shape index (κ1) is 33.9. The number of hydrogen-bond acceptors (Lipinski definition) is 8. The number of ether oxygens (including phenoxy) is 3. The second kappa shape index (κ2) is 15.0. The molecular formula is C36H49N5O7. The molecule has 0 saturated carbocycles. The van der Waals surface area contributed by atoms with Crippen LogP contribution in [0.4, 0.5) is 15.3 Å². The van der Waals surface area contributed by atoms with Gasteiger partial charge in [0.1, 0.15) is 11.5 Å². The van der Waals surface area contributed by atoms with Crippen molar-refractivity contribution < 1.29 is 33.7 Å². The highest BCUT2D eigenvalue weighted by Gasteiger charge is 2.36. The van der Waals surface area contributed by atoms with E-state index >= 15 is 0 Å². The maximum absolute atomic E-state index is 14.0.